The molecule has 0 N–H and O–H groups in total. The average molecular weight is 315 g/mol. The molecule has 0 radical (unpaired) electrons. The van der Waals surface area contributed by atoms with E-state index in [1.54, 1.807) is 19.1 Å². The summed E-state index contributed by atoms with van der Waals surface area (Å²) in [7, 11) is -2.26. The van der Waals surface area contributed by atoms with Crippen molar-refractivity contribution < 1.29 is 22.4 Å². The van der Waals surface area contributed by atoms with Gasteiger partial charge in [-0.1, -0.05) is 13.3 Å². The van der Waals surface area contributed by atoms with Gasteiger partial charge in [-0.05, 0) is 25.0 Å². The predicted molar refractivity (Wildman–Crippen MR) is 76.9 cm³/mol. The SMILES string of the molecule is CCN(Cc1ccco1)S(=O)(=O)C1CCCC1C(=O)OC. The number of furan rings is 1. The molecule has 1 saturated carbocycles. The number of hydrogen-bond donors (Lipinski definition) is 0. The Morgan fingerprint density at radius 2 is 2.24 bits per heavy atom. The maximum absolute atomic E-state index is 12.8. The summed E-state index contributed by atoms with van der Waals surface area (Å²) in [4.78, 5) is 11.8. The topological polar surface area (TPSA) is 76.8 Å². The van der Waals surface area contributed by atoms with E-state index in [0.29, 0.717) is 25.1 Å². The molecule has 0 spiro atoms. The number of hydrogen-bond acceptors (Lipinski definition) is 5. The van der Waals surface area contributed by atoms with Crippen LogP contribution in [0.4, 0.5) is 0 Å². The van der Waals surface area contributed by atoms with Crippen molar-refractivity contribution in [1.29, 1.82) is 0 Å². The number of rotatable bonds is 6. The molecule has 1 aliphatic rings. The summed E-state index contributed by atoms with van der Waals surface area (Å²) in [5.74, 6) is -0.409. The average Bonchev–Trinajstić information content (AvgIpc) is 3.14. The maximum atomic E-state index is 12.8. The summed E-state index contributed by atoms with van der Waals surface area (Å²) in [5.41, 5.74) is 0. The van der Waals surface area contributed by atoms with Gasteiger partial charge in [-0.3, -0.25) is 4.79 Å². The summed E-state index contributed by atoms with van der Waals surface area (Å²) >= 11 is 0. The Kier molecular flexibility index (Phi) is 5.05. The lowest BCUT2D eigenvalue weighted by Gasteiger charge is -2.26. The number of nitrogens with zero attached hydrogens (tertiary/aromatic N) is 1. The number of methoxy groups -OCH3 is 1. The molecule has 118 valence electrons. The Bertz CT molecular complexity index is 566. The quantitative estimate of drug-likeness (QED) is 0.748. The van der Waals surface area contributed by atoms with Gasteiger partial charge in [0.25, 0.3) is 0 Å². The van der Waals surface area contributed by atoms with Crippen molar-refractivity contribution in [2.75, 3.05) is 13.7 Å². The highest BCUT2D eigenvalue weighted by molar-refractivity contribution is 7.89. The fourth-order valence-corrected chi connectivity index (χ4v) is 5.03. The van der Waals surface area contributed by atoms with Crippen LogP contribution in [0.5, 0.6) is 0 Å². The highest BCUT2D eigenvalue weighted by Gasteiger charge is 2.44. The van der Waals surface area contributed by atoms with Gasteiger partial charge in [0.15, 0.2) is 0 Å². The number of sulfonamides is 1. The van der Waals surface area contributed by atoms with Crippen LogP contribution in [0.2, 0.25) is 0 Å². The molecule has 1 aromatic heterocycles. The fraction of sp³-hybridized carbons (Fsp3) is 0.643. The molecule has 21 heavy (non-hydrogen) atoms. The molecule has 1 fully saturated rings. The van der Waals surface area contributed by atoms with Crippen molar-refractivity contribution in [2.45, 2.75) is 38.0 Å². The third kappa shape index (κ3) is 3.29. The van der Waals surface area contributed by atoms with Crippen LogP contribution in [0.1, 0.15) is 31.9 Å². The van der Waals surface area contributed by atoms with Gasteiger partial charge in [-0.15, -0.1) is 0 Å². The van der Waals surface area contributed by atoms with Crippen molar-refractivity contribution in [3.05, 3.63) is 24.2 Å². The Balaban J connectivity index is 2.20. The lowest BCUT2D eigenvalue weighted by molar-refractivity contribution is -0.145. The minimum Gasteiger partial charge on any atom is -0.469 e. The van der Waals surface area contributed by atoms with Crippen LogP contribution in [-0.4, -0.2) is 37.6 Å². The van der Waals surface area contributed by atoms with Gasteiger partial charge in [0.1, 0.15) is 5.76 Å². The number of esters is 1. The zero-order chi connectivity index (χ0) is 15.5. The van der Waals surface area contributed by atoms with E-state index in [-0.39, 0.29) is 6.54 Å². The highest BCUT2D eigenvalue weighted by Crippen LogP contribution is 2.34. The van der Waals surface area contributed by atoms with E-state index < -0.39 is 27.2 Å². The zero-order valence-corrected chi connectivity index (χ0v) is 13.1. The molecule has 0 amide bonds. The monoisotopic (exact) mass is 315 g/mol. The van der Waals surface area contributed by atoms with Gasteiger partial charge in [0.05, 0.1) is 31.1 Å². The molecule has 0 saturated heterocycles. The standard InChI is InChI=1S/C14H21NO5S/c1-3-15(10-11-6-5-9-20-11)21(17,18)13-8-4-7-12(13)14(16)19-2/h5-6,9,12-13H,3-4,7-8,10H2,1-2H3. The lowest BCUT2D eigenvalue weighted by Crippen LogP contribution is -2.42. The second-order valence-corrected chi connectivity index (χ2v) is 7.30. The van der Waals surface area contributed by atoms with Gasteiger partial charge >= 0.3 is 5.97 Å². The van der Waals surface area contributed by atoms with E-state index >= 15 is 0 Å². The summed E-state index contributed by atoms with van der Waals surface area (Å²) in [6.07, 6.45) is 3.30. The Morgan fingerprint density at radius 1 is 1.48 bits per heavy atom. The summed E-state index contributed by atoms with van der Waals surface area (Å²) in [6.45, 7) is 2.31. The molecule has 1 heterocycles. The van der Waals surface area contributed by atoms with E-state index in [4.69, 9.17) is 9.15 Å². The first-order valence-electron chi connectivity index (χ1n) is 7.09. The molecule has 7 heteroatoms. The van der Waals surface area contributed by atoms with Crippen molar-refractivity contribution in [2.24, 2.45) is 5.92 Å². The number of ether oxygens (including phenoxy) is 1. The molecular weight excluding hydrogens is 294 g/mol. The van der Waals surface area contributed by atoms with Gasteiger partial charge in [-0.25, -0.2) is 8.42 Å². The fourth-order valence-electron chi connectivity index (χ4n) is 2.85. The third-order valence-corrected chi connectivity index (χ3v) is 6.40. The van der Waals surface area contributed by atoms with Crippen LogP contribution in [0.25, 0.3) is 0 Å². The molecule has 0 bridgehead atoms. The van der Waals surface area contributed by atoms with Gasteiger partial charge in [0, 0.05) is 6.54 Å². The largest absolute Gasteiger partial charge is 0.469 e. The minimum atomic E-state index is -3.56. The van der Waals surface area contributed by atoms with E-state index in [1.807, 2.05) is 0 Å². The molecule has 2 unspecified atom stereocenters. The lowest BCUT2D eigenvalue weighted by atomic mass is 10.1. The van der Waals surface area contributed by atoms with Crippen molar-refractivity contribution in [3.8, 4) is 0 Å². The van der Waals surface area contributed by atoms with Crippen molar-refractivity contribution >= 4 is 16.0 Å². The summed E-state index contributed by atoms with van der Waals surface area (Å²) in [6, 6.07) is 3.47. The number of carbonyl (C=O) groups excluding carboxylic acids is 1. The molecule has 1 aliphatic carbocycles. The van der Waals surface area contributed by atoms with Crippen LogP contribution in [0.15, 0.2) is 22.8 Å². The molecule has 6 nitrogen and oxygen atoms in total. The minimum absolute atomic E-state index is 0.191. The second kappa shape index (κ2) is 6.62. The van der Waals surface area contributed by atoms with Gasteiger partial charge in [0.2, 0.25) is 10.0 Å². The van der Waals surface area contributed by atoms with E-state index in [9.17, 15) is 13.2 Å². The molecular formula is C14H21NO5S. The van der Waals surface area contributed by atoms with Crippen LogP contribution in [0.3, 0.4) is 0 Å². The van der Waals surface area contributed by atoms with E-state index in [1.165, 1.54) is 17.7 Å². The highest BCUT2D eigenvalue weighted by atomic mass is 32.2. The first kappa shape index (κ1) is 16.0. The molecule has 1 aromatic rings. The summed E-state index contributed by atoms with van der Waals surface area (Å²) in [5, 5.41) is -0.695. The Morgan fingerprint density at radius 3 is 2.81 bits per heavy atom. The predicted octanol–water partition coefficient (Wildman–Crippen LogP) is 1.77. The van der Waals surface area contributed by atoms with Crippen molar-refractivity contribution in [3.63, 3.8) is 0 Å². The molecule has 2 atom stereocenters. The van der Waals surface area contributed by atoms with Gasteiger partial charge < -0.3 is 9.15 Å². The van der Waals surface area contributed by atoms with Crippen LogP contribution >= 0.6 is 0 Å². The zero-order valence-electron chi connectivity index (χ0n) is 12.3. The Labute approximate surface area is 125 Å². The van der Waals surface area contributed by atoms with Crippen LogP contribution in [-0.2, 0) is 26.1 Å². The second-order valence-electron chi connectivity index (χ2n) is 5.15. The Hall–Kier alpha value is -1.34. The third-order valence-electron chi connectivity index (χ3n) is 3.96. The van der Waals surface area contributed by atoms with Crippen LogP contribution < -0.4 is 0 Å². The smallest absolute Gasteiger partial charge is 0.310 e. The molecule has 0 aromatic carbocycles. The normalized spacial score (nSPS) is 22.6. The van der Waals surface area contributed by atoms with Crippen LogP contribution in [0, 0.1) is 5.92 Å². The molecule has 2 rings (SSSR count). The maximum Gasteiger partial charge on any atom is 0.310 e. The van der Waals surface area contributed by atoms with Crippen molar-refractivity contribution in [1.82, 2.24) is 4.31 Å². The molecule has 0 aliphatic heterocycles. The van der Waals surface area contributed by atoms with Gasteiger partial charge in [-0.2, -0.15) is 4.31 Å². The van der Waals surface area contributed by atoms with E-state index in [0.717, 1.165) is 6.42 Å². The van der Waals surface area contributed by atoms with E-state index in [2.05, 4.69) is 0 Å². The number of carbonyl (C=O) groups is 1. The first-order chi connectivity index (χ1) is 10.0. The first-order valence-corrected chi connectivity index (χ1v) is 8.60. The summed E-state index contributed by atoms with van der Waals surface area (Å²) < 4.78 is 36.9.